The molecule has 2 aliphatic rings. The minimum atomic E-state index is 0.131. The van der Waals surface area contributed by atoms with Gasteiger partial charge in [-0.1, -0.05) is 22.0 Å². The smallest absolute Gasteiger partial charge is 0.0212 e. The van der Waals surface area contributed by atoms with Crippen LogP contribution in [0.3, 0.4) is 0 Å². The lowest BCUT2D eigenvalue weighted by Crippen LogP contribution is -2.24. The first kappa shape index (κ1) is 9.86. The molecule has 1 saturated carbocycles. The van der Waals surface area contributed by atoms with Gasteiger partial charge in [0.25, 0.3) is 0 Å². The highest BCUT2D eigenvalue weighted by atomic mass is 79.9. The molecule has 0 spiro atoms. The summed E-state index contributed by atoms with van der Waals surface area (Å²) in [5, 5.41) is 0. The van der Waals surface area contributed by atoms with Crippen LogP contribution in [0, 0.1) is 0 Å². The second-order valence-electron chi connectivity index (χ2n) is 5.11. The first-order chi connectivity index (χ1) is 7.16. The number of rotatable bonds is 2. The maximum Gasteiger partial charge on any atom is 0.0212 e. The third kappa shape index (κ3) is 1.85. The van der Waals surface area contributed by atoms with Gasteiger partial charge in [0.15, 0.2) is 0 Å². The van der Waals surface area contributed by atoms with E-state index >= 15 is 0 Å². The van der Waals surface area contributed by atoms with Crippen LogP contribution in [-0.4, -0.2) is 5.54 Å². The number of halogens is 1. The Bertz CT molecular complexity index is 407. The molecule has 0 aromatic heterocycles. The first-order valence-corrected chi connectivity index (χ1v) is 6.55. The lowest BCUT2D eigenvalue weighted by atomic mass is 10.0. The average Bonchev–Trinajstić information content (AvgIpc) is 2.73. The zero-order valence-electron chi connectivity index (χ0n) is 8.85. The van der Waals surface area contributed by atoms with Gasteiger partial charge < -0.3 is 5.73 Å². The Hall–Kier alpha value is -0.340. The second kappa shape index (κ2) is 3.33. The van der Waals surface area contributed by atoms with Crippen LogP contribution < -0.4 is 5.73 Å². The highest BCUT2D eigenvalue weighted by Crippen LogP contribution is 2.38. The Labute approximate surface area is 99.2 Å². The summed E-state index contributed by atoms with van der Waals surface area (Å²) in [7, 11) is 0. The van der Waals surface area contributed by atoms with Gasteiger partial charge in [-0.25, -0.2) is 0 Å². The van der Waals surface area contributed by atoms with Gasteiger partial charge in [-0.2, -0.15) is 0 Å². The summed E-state index contributed by atoms with van der Waals surface area (Å²) in [6.07, 6.45) is 7.25. The van der Waals surface area contributed by atoms with E-state index < -0.39 is 0 Å². The van der Waals surface area contributed by atoms with Crippen LogP contribution in [0.5, 0.6) is 0 Å². The molecule has 1 nitrogen and oxygen atoms in total. The summed E-state index contributed by atoms with van der Waals surface area (Å²) in [6, 6.07) is 4.65. The maximum absolute atomic E-state index is 6.16. The minimum Gasteiger partial charge on any atom is -0.325 e. The quantitative estimate of drug-likeness (QED) is 0.875. The summed E-state index contributed by atoms with van der Waals surface area (Å²) in [4.78, 5) is 0. The van der Waals surface area contributed by atoms with Gasteiger partial charge in [0, 0.05) is 10.0 Å². The van der Waals surface area contributed by atoms with Crippen LogP contribution in [0.2, 0.25) is 0 Å². The van der Waals surface area contributed by atoms with Crippen molar-refractivity contribution in [2.45, 2.75) is 44.1 Å². The predicted octanol–water partition coefficient (Wildman–Crippen LogP) is 2.97. The predicted molar refractivity (Wildman–Crippen MR) is 66.0 cm³/mol. The van der Waals surface area contributed by atoms with Crippen molar-refractivity contribution in [2.24, 2.45) is 5.73 Å². The van der Waals surface area contributed by atoms with Crippen molar-refractivity contribution in [3.05, 3.63) is 33.3 Å². The summed E-state index contributed by atoms with van der Waals surface area (Å²) in [6.45, 7) is 0. The number of benzene rings is 1. The number of fused-ring (bicyclic) bond motifs is 1. The fourth-order valence-electron chi connectivity index (χ4n) is 2.56. The van der Waals surface area contributed by atoms with E-state index in [1.54, 1.807) is 5.56 Å². The van der Waals surface area contributed by atoms with Crippen molar-refractivity contribution in [2.75, 3.05) is 0 Å². The maximum atomic E-state index is 6.16. The lowest BCUT2D eigenvalue weighted by Gasteiger charge is -2.11. The molecule has 0 heterocycles. The van der Waals surface area contributed by atoms with Crippen molar-refractivity contribution in [3.63, 3.8) is 0 Å². The molecule has 1 aromatic carbocycles. The molecule has 0 unspecified atom stereocenters. The van der Waals surface area contributed by atoms with Crippen molar-refractivity contribution >= 4 is 15.9 Å². The third-order valence-electron chi connectivity index (χ3n) is 3.67. The molecule has 0 aliphatic heterocycles. The van der Waals surface area contributed by atoms with E-state index in [4.69, 9.17) is 5.73 Å². The molecule has 1 aromatic rings. The highest BCUT2D eigenvalue weighted by Gasteiger charge is 2.38. The van der Waals surface area contributed by atoms with E-state index in [1.165, 1.54) is 47.7 Å². The topological polar surface area (TPSA) is 26.0 Å². The molecule has 0 saturated heterocycles. The summed E-state index contributed by atoms with van der Waals surface area (Å²) >= 11 is 3.69. The molecule has 1 fully saturated rings. The van der Waals surface area contributed by atoms with Crippen molar-refractivity contribution in [3.8, 4) is 0 Å². The Kier molecular flexibility index (Phi) is 2.18. The molecule has 3 rings (SSSR count). The number of hydrogen-bond donors (Lipinski definition) is 1. The van der Waals surface area contributed by atoms with Crippen LogP contribution in [0.1, 0.15) is 36.0 Å². The molecule has 0 amide bonds. The van der Waals surface area contributed by atoms with E-state index in [0.717, 1.165) is 6.42 Å². The van der Waals surface area contributed by atoms with E-state index in [1.807, 2.05) is 0 Å². The van der Waals surface area contributed by atoms with Gasteiger partial charge in [-0.05, 0) is 61.3 Å². The largest absolute Gasteiger partial charge is 0.325 e. The molecule has 0 radical (unpaired) electrons. The van der Waals surface area contributed by atoms with Crippen LogP contribution in [0.25, 0.3) is 0 Å². The number of aryl methyl sites for hydroxylation is 1. The van der Waals surface area contributed by atoms with Crippen LogP contribution >= 0.6 is 15.9 Å². The zero-order chi connectivity index (χ0) is 10.5. The normalized spacial score (nSPS) is 21.5. The van der Waals surface area contributed by atoms with Gasteiger partial charge in [0.1, 0.15) is 0 Å². The van der Waals surface area contributed by atoms with Gasteiger partial charge >= 0.3 is 0 Å². The molecular formula is C13H16BrN. The summed E-state index contributed by atoms with van der Waals surface area (Å²) < 4.78 is 1.30. The van der Waals surface area contributed by atoms with E-state index in [0.29, 0.717) is 0 Å². The monoisotopic (exact) mass is 265 g/mol. The molecule has 80 valence electrons. The van der Waals surface area contributed by atoms with Crippen molar-refractivity contribution < 1.29 is 0 Å². The zero-order valence-corrected chi connectivity index (χ0v) is 10.4. The minimum absolute atomic E-state index is 0.131. The molecule has 0 bridgehead atoms. The Balaban J connectivity index is 1.93. The Morgan fingerprint density at radius 2 is 2.07 bits per heavy atom. The van der Waals surface area contributed by atoms with E-state index in [-0.39, 0.29) is 5.54 Å². The van der Waals surface area contributed by atoms with Gasteiger partial charge in [-0.3, -0.25) is 0 Å². The van der Waals surface area contributed by atoms with Crippen LogP contribution in [0.15, 0.2) is 16.6 Å². The van der Waals surface area contributed by atoms with Gasteiger partial charge in [0.05, 0.1) is 0 Å². The molecule has 0 atom stereocenters. The molecule has 15 heavy (non-hydrogen) atoms. The van der Waals surface area contributed by atoms with Crippen LogP contribution in [-0.2, 0) is 19.3 Å². The fraction of sp³-hybridized carbons (Fsp3) is 0.538. The first-order valence-electron chi connectivity index (χ1n) is 5.75. The molecule has 2 heteroatoms. The van der Waals surface area contributed by atoms with E-state index in [9.17, 15) is 0 Å². The van der Waals surface area contributed by atoms with Gasteiger partial charge in [-0.15, -0.1) is 0 Å². The van der Waals surface area contributed by atoms with Crippen molar-refractivity contribution in [1.29, 1.82) is 0 Å². The summed E-state index contributed by atoms with van der Waals surface area (Å²) in [5.41, 5.74) is 10.8. The highest BCUT2D eigenvalue weighted by molar-refractivity contribution is 9.10. The van der Waals surface area contributed by atoms with E-state index in [2.05, 4.69) is 28.1 Å². The lowest BCUT2D eigenvalue weighted by molar-refractivity contribution is 0.671. The Morgan fingerprint density at radius 3 is 2.80 bits per heavy atom. The number of nitrogens with two attached hydrogens (primary N) is 1. The molecule has 2 N–H and O–H groups in total. The molecular weight excluding hydrogens is 250 g/mol. The third-order valence-corrected chi connectivity index (χ3v) is 4.38. The fourth-order valence-corrected chi connectivity index (χ4v) is 3.31. The SMILES string of the molecule is NC1(Cc2cc(Br)c3c(c2)CCC3)CC1. The standard InChI is InChI=1S/C13H16BrN/c14-12-7-9(8-13(15)4-5-13)6-10-2-1-3-11(10)12/h6-7H,1-5,8,15H2. The molecule has 2 aliphatic carbocycles. The van der Waals surface area contributed by atoms with Gasteiger partial charge in [0.2, 0.25) is 0 Å². The summed E-state index contributed by atoms with van der Waals surface area (Å²) in [5.74, 6) is 0. The average molecular weight is 266 g/mol. The second-order valence-corrected chi connectivity index (χ2v) is 5.96. The van der Waals surface area contributed by atoms with Crippen LogP contribution in [0.4, 0.5) is 0 Å². The number of hydrogen-bond acceptors (Lipinski definition) is 1. The Morgan fingerprint density at radius 1 is 1.27 bits per heavy atom. The van der Waals surface area contributed by atoms with Crippen molar-refractivity contribution in [1.82, 2.24) is 0 Å².